The first kappa shape index (κ1) is 20.0. The van der Waals surface area contributed by atoms with Crippen molar-refractivity contribution in [2.45, 2.75) is 23.6 Å². The van der Waals surface area contributed by atoms with Crippen molar-refractivity contribution < 1.29 is 22.7 Å². The topological polar surface area (TPSA) is 112 Å². The number of nitrogens with zero attached hydrogens (tertiary/aromatic N) is 3. The van der Waals surface area contributed by atoms with Crippen molar-refractivity contribution in [3.63, 3.8) is 0 Å². The van der Waals surface area contributed by atoms with E-state index in [1.807, 2.05) is 24.3 Å². The molecule has 0 unspecified atom stereocenters. The van der Waals surface area contributed by atoms with E-state index in [2.05, 4.69) is 15.5 Å². The highest BCUT2D eigenvalue weighted by Gasteiger charge is 2.32. The fourth-order valence-electron chi connectivity index (χ4n) is 3.38. The maximum absolute atomic E-state index is 12.2. The number of benzene rings is 1. The number of hydrogen-bond donors (Lipinski definition) is 1. The van der Waals surface area contributed by atoms with Gasteiger partial charge in [-0.2, -0.15) is 0 Å². The zero-order chi connectivity index (χ0) is 20.4. The summed E-state index contributed by atoms with van der Waals surface area (Å²) in [5, 5.41) is 11.7. The summed E-state index contributed by atoms with van der Waals surface area (Å²) in [7, 11) is -1.19. The van der Waals surface area contributed by atoms with Gasteiger partial charge < -0.3 is 19.4 Å². The molecule has 2 aliphatic heterocycles. The number of fused-ring (bicyclic) bond motifs is 1. The van der Waals surface area contributed by atoms with Gasteiger partial charge in [-0.25, -0.2) is 8.42 Å². The van der Waals surface area contributed by atoms with Gasteiger partial charge in [0.05, 0.1) is 23.8 Å². The van der Waals surface area contributed by atoms with Crippen LogP contribution in [-0.2, 0) is 21.7 Å². The van der Waals surface area contributed by atoms with Gasteiger partial charge in [0, 0.05) is 13.0 Å². The molecule has 2 atom stereocenters. The van der Waals surface area contributed by atoms with Crippen LogP contribution in [0.3, 0.4) is 0 Å². The number of nitrogens with one attached hydrogen (secondary N) is 1. The van der Waals surface area contributed by atoms with E-state index in [1.54, 1.807) is 11.6 Å². The average molecular weight is 439 g/mol. The fourth-order valence-corrected chi connectivity index (χ4v) is 5.87. The summed E-state index contributed by atoms with van der Waals surface area (Å²) in [6.07, 6.45) is 0.316. The van der Waals surface area contributed by atoms with E-state index in [0.29, 0.717) is 42.1 Å². The second-order valence-electron chi connectivity index (χ2n) is 7.09. The third-order valence-corrected chi connectivity index (χ3v) is 7.68. The number of ether oxygens (including phenoxy) is 2. The Balaban J connectivity index is 1.25. The Morgan fingerprint density at radius 2 is 2.10 bits per heavy atom. The van der Waals surface area contributed by atoms with E-state index in [4.69, 9.17) is 9.47 Å². The zero-order valence-corrected chi connectivity index (χ0v) is 17.5. The molecule has 9 nitrogen and oxygen atoms in total. The Kier molecular flexibility index (Phi) is 5.68. The minimum absolute atomic E-state index is 0.108. The Morgan fingerprint density at radius 1 is 1.31 bits per heavy atom. The van der Waals surface area contributed by atoms with Crippen molar-refractivity contribution >= 4 is 27.5 Å². The molecule has 0 spiro atoms. The second kappa shape index (κ2) is 8.23. The number of aromatic nitrogens is 3. The monoisotopic (exact) mass is 438 g/mol. The van der Waals surface area contributed by atoms with Crippen molar-refractivity contribution in [3.05, 3.63) is 30.1 Å². The molecule has 4 rings (SSSR count). The molecule has 2 aromatic rings. The van der Waals surface area contributed by atoms with E-state index in [-0.39, 0.29) is 35.2 Å². The van der Waals surface area contributed by atoms with Crippen LogP contribution in [0.25, 0.3) is 0 Å². The predicted molar refractivity (Wildman–Crippen MR) is 107 cm³/mol. The molecule has 0 saturated carbocycles. The lowest BCUT2D eigenvalue weighted by Gasteiger charge is -2.26. The smallest absolute Gasteiger partial charge is 0.230 e. The quantitative estimate of drug-likeness (QED) is 0.658. The minimum atomic E-state index is -2.99. The third-order valence-electron chi connectivity index (χ3n) is 4.89. The Morgan fingerprint density at radius 3 is 2.86 bits per heavy atom. The highest BCUT2D eigenvalue weighted by atomic mass is 32.2. The summed E-state index contributed by atoms with van der Waals surface area (Å²) in [4.78, 5) is 12.2. The molecule has 1 amide bonds. The molecule has 2 aliphatic rings. The van der Waals surface area contributed by atoms with Gasteiger partial charge in [-0.3, -0.25) is 4.79 Å². The molecule has 1 aromatic carbocycles. The Hall–Kier alpha value is -2.27. The van der Waals surface area contributed by atoms with Crippen LogP contribution in [0.5, 0.6) is 11.5 Å². The maximum Gasteiger partial charge on any atom is 0.230 e. The summed E-state index contributed by atoms with van der Waals surface area (Å²) in [5.41, 5.74) is 0. The standard InChI is InChI=1S/C18H22N4O5S2/c1-22-17(12-6-7-29(24,25)11-12)20-21-18(22)28-10-16(23)19-8-13-9-26-14-4-2-3-5-15(14)27-13/h2-5,12-13H,6-11H2,1H3,(H,19,23)/t12-,13-/m1/s1. The van der Waals surface area contributed by atoms with Crippen LogP contribution in [0.15, 0.2) is 29.4 Å². The van der Waals surface area contributed by atoms with Crippen molar-refractivity contribution in [3.8, 4) is 11.5 Å². The lowest BCUT2D eigenvalue weighted by Crippen LogP contribution is -2.41. The number of amides is 1. The van der Waals surface area contributed by atoms with Gasteiger partial charge >= 0.3 is 0 Å². The van der Waals surface area contributed by atoms with Gasteiger partial charge in [-0.05, 0) is 18.6 Å². The van der Waals surface area contributed by atoms with Crippen LogP contribution in [0.4, 0.5) is 0 Å². The van der Waals surface area contributed by atoms with E-state index in [1.165, 1.54) is 11.8 Å². The third kappa shape index (κ3) is 4.67. The Labute approximate surface area is 173 Å². The molecule has 0 bridgehead atoms. The normalized spacial score (nSPS) is 22.4. The molecule has 1 aromatic heterocycles. The van der Waals surface area contributed by atoms with E-state index < -0.39 is 9.84 Å². The van der Waals surface area contributed by atoms with Crippen LogP contribution in [-0.4, -0.2) is 65.6 Å². The van der Waals surface area contributed by atoms with Crippen molar-refractivity contribution in [1.82, 2.24) is 20.1 Å². The Bertz CT molecular complexity index is 1010. The van der Waals surface area contributed by atoms with E-state index in [9.17, 15) is 13.2 Å². The van der Waals surface area contributed by atoms with Crippen LogP contribution in [0, 0.1) is 0 Å². The number of hydrogen-bond acceptors (Lipinski definition) is 8. The largest absolute Gasteiger partial charge is 0.486 e. The molecule has 1 fully saturated rings. The van der Waals surface area contributed by atoms with E-state index in [0.717, 1.165) is 0 Å². The lowest BCUT2D eigenvalue weighted by atomic mass is 10.1. The average Bonchev–Trinajstić information content (AvgIpc) is 3.26. The molecular weight excluding hydrogens is 416 g/mol. The molecule has 0 aliphatic carbocycles. The van der Waals surface area contributed by atoms with Crippen LogP contribution in [0.1, 0.15) is 18.2 Å². The van der Waals surface area contributed by atoms with Gasteiger partial charge in [0.25, 0.3) is 0 Å². The molecule has 11 heteroatoms. The second-order valence-corrected chi connectivity index (χ2v) is 10.3. The van der Waals surface area contributed by atoms with Crippen LogP contribution < -0.4 is 14.8 Å². The number of rotatable bonds is 6. The van der Waals surface area contributed by atoms with Crippen molar-refractivity contribution in [2.75, 3.05) is 30.4 Å². The minimum Gasteiger partial charge on any atom is -0.486 e. The molecule has 0 radical (unpaired) electrons. The number of carbonyl (C=O) groups excluding carboxylic acids is 1. The van der Waals surface area contributed by atoms with Crippen molar-refractivity contribution in [2.24, 2.45) is 7.05 Å². The highest BCUT2D eigenvalue weighted by Crippen LogP contribution is 2.31. The number of sulfone groups is 1. The lowest BCUT2D eigenvalue weighted by molar-refractivity contribution is -0.119. The fraction of sp³-hybridized carbons (Fsp3) is 0.500. The summed E-state index contributed by atoms with van der Waals surface area (Å²) >= 11 is 1.27. The summed E-state index contributed by atoms with van der Waals surface area (Å²) in [5.74, 6) is 2.23. The van der Waals surface area contributed by atoms with Crippen LogP contribution in [0.2, 0.25) is 0 Å². The first-order valence-electron chi connectivity index (χ1n) is 9.29. The molecule has 29 heavy (non-hydrogen) atoms. The van der Waals surface area contributed by atoms with Crippen LogP contribution >= 0.6 is 11.8 Å². The van der Waals surface area contributed by atoms with Gasteiger partial charge in [-0.15, -0.1) is 10.2 Å². The van der Waals surface area contributed by atoms with Gasteiger partial charge in [0.15, 0.2) is 26.5 Å². The zero-order valence-electron chi connectivity index (χ0n) is 15.9. The molecule has 3 heterocycles. The number of para-hydroxylation sites is 2. The first-order chi connectivity index (χ1) is 13.9. The summed E-state index contributed by atoms with van der Waals surface area (Å²) in [6, 6.07) is 7.43. The van der Waals surface area contributed by atoms with Gasteiger partial charge in [0.2, 0.25) is 5.91 Å². The van der Waals surface area contributed by atoms with Crippen molar-refractivity contribution in [1.29, 1.82) is 0 Å². The van der Waals surface area contributed by atoms with Gasteiger partial charge in [-0.1, -0.05) is 23.9 Å². The first-order valence-corrected chi connectivity index (χ1v) is 12.1. The molecule has 1 saturated heterocycles. The summed E-state index contributed by atoms with van der Waals surface area (Å²) in [6.45, 7) is 0.721. The maximum atomic E-state index is 12.2. The SMILES string of the molecule is Cn1c(SCC(=O)NC[C@@H]2COc3ccccc3O2)nnc1[C@@H]1CCS(=O)(=O)C1. The number of carbonyl (C=O) groups is 1. The predicted octanol–water partition coefficient (Wildman–Crippen LogP) is 0.765. The van der Waals surface area contributed by atoms with E-state index >= 15 is 0 Å². The molecule has 1 N–H and O–H groups in total. The summed E-state index contributed by atoms with van der Waals surface area (Å²) < 4.78 is 36.6. The molecule has 156 valence electrons. The highest BCUT2D eigenvalue weighted by molar-refractivity contribution is 7.99. The number of thioether (sulfide) groups is 1. The molecular formula is C18H22N4O5S2. The van der Waals surface area contributed by atoms with Gasteiger partial charge in [0.1, 0.15) is 18.5 Å².